The van der Waals surface area contributed by atoms with Crippen molar-refractivity contribution in [2.45, 2.75) is 69.6 Å². The highest BCUT2D eigenvalue weighted by Crippen LogP contribution is 2.22. The third-order valence-corrected chi connectivity index (χ3v) is 4.17. The van der Waals surface area contributed by atoms with E-state index in [9.17, 15) is 9.90 Å². The number of rotatable bonds is 2. The van der Waals surface area contributed by atoms with Crippen LogP contribution in [0.25, 0.3) is 0 Å². The van der Waals surface area contributed by atoms with E-state index in [0.29, 0.717) is 0 Å². The number of carbonyl (C=O) groups excluding carboxylic acids is 1. The highest BCUT2D eigenvalue weighted by molar-refractivity contribution is 5.86. The lowest BCUT2D eigenvalue weighted by molar-refractivity contribution is -0.130. The summed E-state index contributed by atoms with van der Waals surface area (Å²) >= 11 is 0. The van der Waals surface area contributed by atoms with Crippen molar-refractivity contribution in [1.82, 2.24) is 10.6 Å². The van der Waals surface area contributed by atoms with E-state index in [4.69, 9.17) is 0 Å². The molecule has 1 saturated heterocycles. The third kappa shape index (κ3) is 2.99. The number of amides is 1. The van der Waals surface area contributed by atoms with Gasteiger partial charge >= 0.3 is 0 Å². The molecule has 2 aliphatic rings. The zero-order valence-corrected chi connectivity index (χ0v) is 10.7. The Hall–Kier alpha value is -0.610. The molecule has 4 heteroatoms. The molecule has 1 saturated carbocycles. The average molecular weight is 240 g/mol. The number of hydrogen-bond donors (Lipinski definition) is 3. The van der Waals surface area contributed by atoms with Crippen molar-refractivity contribution >= 4 is 5.91 Å². The predicted molar refractivity (Wildman–Crippen MR) is 66.7 cm³/mol. The second-order valence-electron chi connectivity index (χ2n) is 5.65. The second-order valence-corrected chi connectivity index (χ2v) is 5.65. The lowest BCUT2D eigenvalue weighted by Gasteiger charge is -2.36. The van der Waals surface area contributed by atoms with Gasteiger partial charge in [-0.25, -0.2) is 0 Å². The SMILES string of the molecule is CC1(C(=O)NC2CCCCC2O)CCCCN1. The molecule has 0 aromatic carbocycles. The van der Waals surface area contributed by atoms with Crippen molar-refractivity contribution < 1.29 is 9.90 Å². The van der Waals surface area contributed by atoms with Crippen LogP contribution in [0.3, 0.4) is 0 Å². The lowest BCUT2D eigenvalue weighted by Crippen LogP contribution is -2.60. The summed E-state index contributed by atoms with van der Waals surface area (Å²) in [6, 6.07) is -0.0446. The third-order valence-electron chi connectivity index (χ3n) is 4.17. The molecule has 0 spiro atoms. The van der Waals surface area contributed by atoms with Gasteiger partial charge in [-0.2, -0.15) is 0 Å². The standard InChI is InChI=1S/C13H24N2O2/c1-13(8-4-5-9-14-13)12(17)15-10-6-2-3-7-11(10)16/h10-11,14,16H,2-9H2,1H3,(H,15,17). The number of aliphatic hydroxyl groups excluding tert-OH is 1. The Balaban J connectivity index is 1.90. The number of aliphatic hydroxyl groups is 1. The van der Waals surface area contributed by atoms with Gasteiger partial charge in [0.25, 0.3) is 0 Å². The van der Waals surface area contributed by atoms with E-state index in [1.807, 2.05) is 6.92 Å². The van der Waals surface area contributed by atoms with Gasteiger partial charge in [0.05, 0.1) is 17.7 Å². The van der Waals surface area contributed by atoms with E-state index >= 15 is 0 Å². The topological polar surface area (TPSA) is 61.4 Å². The molecule has 3 atom stereocenters. The predicted octanol–water partition coefficient (Wildman–Crippen LogP) is 0.938. The zero-order chi connectivity index (χ0) is 12.3. The molecule has 1 amide bonds. The van der Waals surface area contributed by atoms with Crippen LogP contribution in [0.1, 0.15) is 51.9 Å². The van der Waals surface area contributed by atoms with Crippen LogP contribution < -0.4 is 10.6 Å². The summed E-state index contributed by atoms with van der Waals surface area (Å²) in [7, 11) is 0. The fourth-order valence-electron chi connectivity index (χ4n) is 2.86. The minimum Gasteiger partial charge on any atom is -0.391 e. The van der Waals surface area contributed by atoms with Crippen LogP contribution in [-0.4, -0.2) is 35.2 Å². The summed E-state index contributed by atoms with van der Waals surface area (Å²) in [5, 5.41) is 16.2. The van der Waals surface area contributed by atoms with Crippen LogP contribution in [0, 0.1) is 0 Å². The first-order valence-corrected chi connectivity index (χ1v) is 6.86. The van der Waals surface area contributed by atoms with Gasteiger partial charge in [-0.15, -0.1) is 0 Å². The Labute approximate surface area is 103 Å². The maximum Gasteiger partial charge on any atom is 0.240 e. The van der Waals surface area contributed by atoms with Crippen molar-refractivity contribution in [3.05, 3.63) is 0 Å². The molecule has 1 heterocycles. The molecule has 0 aromatic heterocycles. The molecule has 1 aliphatic carbocycles. The lowest BCUT2D eigenvalue weighted by atomic mass is 9.88. The van der Waals surface area contributed by atoms with Crippen LogP contribution in [-0.2, 0) is 4.79 Å². The molecule has 1 aliphatic heterocycles. The van der Waals surface area contributed by atoms with Crippen molar-refractivity contribution in [3.8, 4) is 0 Å². The van der Waals surface area contributed by atoms with E-state index in [2.05, 4.69) is 10.6 Å². The molecule has 0 aromatic rings. The molecule has 0 radical (unpaired) electrons. The fraction of sp³-hybridized carbons (Fsp3) is 0.923. The smallest absolute Gasteiger partial charge is 0.240 e. The van der Waals surface area contributed by atoms with Crippen LogP contribution in [0.15, 0.2) is 0 Å². The molecular weight excluding hydrogens is 216 g/mol. The molecule has 4 nitrogen and oxygen atoms in total. The minimum atomic E-state index is -0.435. The summed E-state index contributed by atoms with van der Waals surface area (Å²) in [5.41, 5.74) is -0.435. The highest BCUT2D eigenvalue weighted by Gasteiger charge is 2.36. The van der Waals surface area contributed by atoms with Crippen LogP contribution in [0.2, 0.25) is 0 Å². The Morgan fingerprint density at radius 3 is 2.71 bits per heavy atom. The Bertz CT molecular complexity index is 275. The van der Waals surface area contributed by atoms with Crippen LogP contribution >= 0.6 is 0 Å². The molecule has 2 fully saturated rings. The first-order valence-electron chi connectivity index (χ1n) is 6.86. The first kappa shape index (κ1) is 12.8. The fourth-order valence-corrected chi connectivity index (χ4v) is 2.86. The van der Waals surface area contributed by atoms with Gasteiger partial charge in [0, 0.05) is 0 Å². The number of nitrogens with one attached hydrogen (secondary N) is 2. The number of hydrogen-bond acceptors (Lipinski definition) is 3. The molecule has 17 heavy (non-hydrogen) atoms. The maximum absolute atomic E-state index is 12.2. The Kier molecular flexibility index (Phi) is 4.05. The van der Waals surface area contributed by atoms with E-state index in [-0.39, 0.29) is 18.1 Å². The van der Waals surface area contributed by atoms with E-state index in [0.717, 1.165) is 51.5 Å². The molecular formula is C13H24N2O2. The molecule has 98 valence electrons. The van der Waals surface area contributed by atoms with Gasteiger partial charge in [-0.3, -0.25) is 4.79 Å². The van der Waals surface area contributed by atoms with Crippen LogP contribution in [0.5, 0.6) is 0 Å². The Morgan fingerprint density at radius 1 is 1.29 bits per heavy atom. The Morgan fingerprint density at radius 2 is 2.06 bits per heavy atom. The average Bonchev–Trinajstić information content (AvgIpc) is 2.33. The largest absolute Gasteiger partial charge is 0.391 e. The molecule has 3 N–H and O–H groups in total. The van der Waals surface area contributed by atoms with Crippen molar-refractivity contribution in [3.63, 3.8) is 0 Å². The monoisotopic (exact) mass is 240 g/mol. The molecule has 0 bridgehead atoms. The van der Waals surface area contributed by atoms with Gasteiger partial charge in [-0.1, -0.05) is 12.8 Å². The first-order chi connectivity index (χ1) is 8.12. The minimum absolute atomic E-state index is 0.0446. The summed E-state index contributed by atoms with van der Waals surface area (Å²) in [6.07, 6.45) is 6.67. The number of piperidine rings is 1. The van der Waals surface area contributed by atoms with Crippen molar-refractivity contribution in [2.24, 2.45) is 0 Å². The van der Waals surface area contributed by atoms with Gasteiger partial charge in [0.2, 0.25) is 5.91 Å². The van der Waals surface area contributed by atoms with Gasteiger partial charge in [0.15, 0.2) is 0 Å². The van der Waals surface area contributed by atoms with E-state index < -0.39 is 5.54 Å². The number of carbonyl (C=O) groups is 1. The zero-order valence-electron chi connectivity index (χ0n) is 10.7. The van der Waals surface area contributed by atoms with E-state index in [1.165, 1.54) is 0 Å². The van der Waals surface area contributed by atoms with Gasteiger partial charge < -0.3 is 15.7 Å². The molecule has 3 unspecified atom stereocenters. The summed E-state index contributed by atoms with van der Waals surface area (Å²) < 4.78 is 0. The van der Waals surface area contributed by atoms with Gasteiger partial charge in [0.1, 0.15) is 0 Å². The van der Waals surface area contributed by atoms with Crippen molar-refractivity contribution in [2.75, 3.05) is 6.54 Å². The summed E-state index contributed by atoms with van der Waals surface area (Å²) in [6.45, 7) is 2.88. The summed E-state index contributed by atoms with van der Waals surface area (Å²) in [4.78, 5) is 12.2. The summed E-state index contributed by atoms with van der Waals surface area (Å²) in [5.74, 6) is 0.0585. The second kappa shape index (κ2) is 5.36. The maximum atomic E-state index is 12.2. The van der Waals surface area contributed by atoms with E-state index in [1.54, 1.807) is 0 Å². The normalized spacial score (nSPS) is 38.7. The molecule has 2 rings (SSSR count). The van der Waals surface area contributed by atoms with Crippen molar-refractivity contribution in [1.29, 1.82) is 0 Å². The van der Waals surface area contributed by atoms with Crippen LogP contribution in [0.4, 0.5) is 0 Å². The van der Waals surface area contributed by atoms with Gasteiger partial charge in [-0.05, 0) is 45.6 Å². The highest BCUT2D eigenvalue weighted by atomic mass is 16.3. The quantitative estimate of drug-likeness (QED) is 0.673.